The predicted molar refractivity (Wildman–Crippen MR) is 86.3 cm³/mol. The van der Waals surface area contributed by atoms with Crippen LogP contribution in [0, 0.1) is 5.41 Å². The minimum atomic E-state index is -1.15. The van der Waals surface area contributed by atoms with Crippen molar-refractivity contribution < 1.29 is 19.1 Å². The van der Waals surface area contributed by atoms with Gasteiger partial charge in [-0.1, -0.05) is 23.3 Å². The van der Waals surface area contributed by atoms with Gasteiger partial charge in [0.2, 0.25) is 0 Å². The molecule has 0 aliphatic heterocycles. The van der Waals surface area contributed by atoms with Gasteiger partial charge in [-0.15, -0.1) is 0 Å². The lowest BCUT2D eigenvalue weighted by Gasteiger charge is -2.31. The third-order valence-electron chi connectivity index (χ3n) is 3.96. The van der Waals surface area contributed by atoms with Crippen LogP contribution in [0.1, 0.15) is 59.8 Å². The van der Waals surface area contributed by atoms with Crippen molar-refractivity contribution in [1.82, 2.24) is 0 Å². The molecule has 0 unspecified atom stereocenters. The molecule has 0 heterocycles. The van der Waals surface area contributed by atoms with Crippen LogP contribution in [0.5, 0.6) is 0 Å². The molecule has 0 saturated heterocycles. The maximum absolute atomic E-state index is 12.3. The van der Waals surface area contributed by atoms with Crippen molar-refractivity contribution in [2.45, 2.75) is 59.8 Å². The summed E-state index contributed by atoms with van der Waals surface area (Å²) < 4.78 is 10.2. The Kier molecular flexibility index (Phi) is 7.36. The first-order valence-corrected chi connectivity index (χ1v) is 8.12. The Morgan fingerprint density at radius 1 is 1.18 bits per heavy atom. The molecule has 0 spiro atoms. The summed E-state index contributed by atoms with van der Waals surface area (Å²) in [6.45, 7) is 8.22. The van der Waals surface area contributed by atoms with E-state index in [2.05, 4.69) is 19.9 Å². The van der Waals surface area contributed by atoms with Gasteiger partial charge in [0.15, 0.2) is 5.41 Å². The van der Waals surface area contributed by atoms with Crippen LogP contribution in [0.25, 0.3) is 0 Å². The summed E-state index contributed by atoms with van der Waals surface area (Å²) in [4.78, 5) is 24.6. The fourth-order valence-corrected chi connectivity index (χ4v) is 2.66. The molecular weight excluding hydrogens is 280 g/mol. The molecule has 1 rings (SSSR count). The predicted octanol–water partition coefficient (Wildman–Crippen LogP) is 3.96. The van der Waals surface area contributed by atoms with Gasteiger partial charge in [-0.2, -0.15) is 0 Å². The number of ether oxygens (including phenoxy) is 2. The Morgan fingerprint density at radius 3 is 2.18 bits per heavy atom. The van der Waals surface area contributed by atoms with Gasteiger partial charge >= 0.3 is 11.9 Å². The molecule has 1 aliphatic carbocycles. The van der Waals surface area contributed by atoms with Crippen molar-refractivity contribution in [2.75, 3.05) is 13.2 Å². The van der Waals surface area contributed by atoms with Gasteiger partial charge in [0.25, 0.3) is 0 Å². The second-order valence-corrected chi connectivity index (χ2v) is 5.91. The lowest BCUT2D eigenvalue weighted by molar-refractivity contribution is -0.172. The van der Waals surface area contributed by atoms with Gasteiger partial charge in [0, 0.05) is 0 Å². The monoisotopic (exact) mass is 308 g/mol. The summed E-state index contributed by atoms with van der Waals surface area (Å²) >= 11 is 0. The Hall–Kier alpha value is -1.58. The highest BCUT2D eigenvalue weighted by molar-refractivity contribution is 6.00. The van der Waals surface area contributed by atoms with Crippen molar-refractivity contribution in [3.63, 3.8) is 0 Å². The number of carbonyl (C=O) groups is 2. The molecule has 124 valence electrons. The molecule has 0 aromatic heterocycles. The van der Waals surface area contributed by atoms with Gasteiger partial charge in [0.1, 0.15) is 0 Å². The molecule has 0 N–H and O–H groups in total. The zero-order valence-corrected chi connectivity index (χ0v) is 14.2. The van der Waals surface area contributed by atoms with E-state index < -0.39 is 17.4 Å². The van der Waals surface area contributed by atoms with E-state index in [-0.39, 0.29) is 13.2 Å². The van der Waals surface area contributed by atoms with Gasteiger partial charge < -0.3 is 9.47 Å². The summed E-state index contributed by atoms with van der Waals surface area (Å²) in [7, 11) is 0. The number of hydrogen-bond donors (Lipinski definition) is 0. The van der Waals surface area contributed by atoms with Crippen LogP contribution in [0.4, 0.5) is 0 Å². The minimum Gasteiger partial charge on any atom is -0.465 e. The van der Waals surface area contributed by atoms with Crippen LogP contribution in [0.15, 0.2) is 23.3 Å². The Morgan fingerprint density at radius 2 is 1.77 bits per heavy atom. The second kappa shape index (κ2) is 8.76. The summed E-state index contributed by atoms with van der Waals surface area (Å²) in [5.74, 6) is -0.902. The number of esters is 2. The van der Waals surface area contributed by atoms with Gasteiger partial charge in [-0.25, -0.2) is 0 Å². The highest BCUT2D eigenvalue weighted by Gasteiger charge is 2.49. The van der Waals surface area contributed by atoms with Crippen molar-refractivity contribution >= 4 is 11.9 Å². The maximum atomic E-state index is 12.3. The standard InChI is InChI=1S/C18H28O4/c1-5-21-16(19)18(17(20)22-6-2)12-10-15(11-13-18)9-7-8-14(3)4/h8,10H,5-7,9,11-13H2,1-4H3. The molecule has 22 heavy (non-hydrogen) atoms. The van der Waals surface area contributed by atoms with Crippen LogP contribution in [-0.4, -0.2) is 25.2 Å². The van der Waals surface area contributed by atoms with E-state index in [1.165, 1.54) is 11.1 Å². The average molecular weight is 308 g/mol. The highest BCUT2D eigenvalue weighted by Crippen LogP contribution is 2.39. The van der Waals surface area contributed by atoms with Crippen LogP contribution in [0.2, 0.25) is 0 Å². The molecule has 4 nitrogen and oxygen atoms in total. The number of allylic oxidation sites excluding steroid dienone is 4. The third-order valence-corrected chi connectivity index (χ3v) is 3.96. The molecule has 1 aliphatic rings. The Balaban J connectivity index is 2.81. The molecule has 0 bridgehead atoms. The first-order valence-electron chi connectivity index (χ1n) is 8.12. The van der Waals surface area contributed by atoms with E-state index in [0.717, 1.165) is 19.3 Å². The van der Waals surface area contributed by atoms with Gasteiger partial charge in [0.05, 0.1) is 13.2 Å². The smallest absolute Gasteiger partial charge is 0.323 e. The van der Waals surface area contributed by atoms with E-state index in [1.807, 2.05) is 6.08 Å². The van der Waals surface area contributed by atoms with Crippen molar-refractivity contribution in [1.29, 1.82) is 0 Å². The molecule has 0 atom stereocenters. The van der Waals surface area contributed by atoms with Gasteiger partial charge in [-0.3, -0.25) is 9.59 Å². The first kappa shape index (κ1) is 18.5. The van der Waals surface area contributed by atoms with Crippen LogP contribution >= 0.6 is 0 Å². The second-order valence-electron chi connectivity index (χ2n) is 5.91. The molecule has 0 radical (unpaired) electrons. The van der Waals surface area contributed by atoms with Crippen molar-refractivity contribution in [2.24, 2.45) is 5.41 Å². The Bertz CT molecular complexity index is 438. The first-order chi connectivity index (χ1) is 10.5. The fraction of sp³-hybridized carbons (Fsp3) is 0.667. The SMILES string of the molecule is CCOC(=O)C1(C(=O)OCC)CC=C(CCC=C(C)C)CC1. The minimum absolute atomic E-state index is 0.275. The molecular formula is C18H28O4. The lowest BCUT2D eigenvalue weighted by atomic mass is 9.74. The van der Waals surface area contributed by atoms with Crippen LogP contribution in [-0.2, 0) is 19.1 Å². The van der Waals surface area contributed by atoms with E-state index in [1.54, 1.807) is 13.8 Å². The topological polar surface area (TPSA) is 52.6 Å². The largest absolute Gasteiger partial charge is 0.465 e. The van der Waals surface area contributed by atoms with E-state index in [0.29, 0.717) is 12.8 Å². The number of rotatable bonds is 7. The average Bonchev–Trinajstić information content (AvgIpc) is 2.48. The molecule has 0 amide bonds. The lowest BCUT2D eigenvalue weighted by Crippen LogP contribution is -2.43. The molecule has 0 saturated carbocycles. The zero-order valence-electron chi connectivity index (χ0n) is 14.2. The maximum Gasteiger partial charge on any atom is 0.323 e. The number of hydrogen-bond acceptors (Lipinski definition) is 4. The fourth-order valence-electron chi connectivity index (χ4n) is 2.66. The molecule has 0 aromatic rings. The quantitative estimate of drug-likeness (QED) is 0.406. The third kappa shape index (κ3) is 4.72. The van der Waals surface area contributed by atoms with E-state index in [9.17, 15) is 9.59 Å². The summed E-state index contributed by atoms with van der Waals surface area (Å²) in [5, 5.41) is 0. The van der Waals surface area contributed by atoms with Gasteiger partial charge in [-0.05, 0) is 59.8 Å². The summed E-state index contributed by atoms with van der Waals surface area (Å²) in [5.41, 5.74) is 1.47. The van der Waals surface area contributed by atoms with Crippen molar-refractivity contribution in [3.8, 4) is 0 Å². The molecule has 4 heteroatoms. The molecule has 0 fully saturated rings. The molecule has 0 aromatic carbocycles. The van der Waals surface area contributed by atoms with Crippen LogP contribution < -0.4 is 0 Å². The van der Waals surface area contributed by atoms with Crippen molar-refractivity contribution in [3.05, 3.63) is 23.3 Å². The van der Waals surface area contributed by atoms with E-state index >= 15 is 0 Å². The number of carbonyl (C=O) groups excluding carboxylic acids is 2. The summed E-state index contributed by atoms with van der Waals surface area (Å²) in [6, 6.07) is 0. The Labute approximate surface area is 133 Å². The normalized spacial score (nSPS) is 16.5. The zero-order chi connectivity index (χ0) is 16.6. The summed E-state index contributed by atoms with van der Waals surface area (Å²) in [6.07, 6.45) is 7.82. The van der Waals surface area contributed by atoms with E-state index in [4.69, 9.17) is 9.47 Å². The highest BCUT2D eigenvalue weighted by atomic mass is 16.6. The van der Waals surface area contributed by atoms with Crippen LogP contribution in [0.3, 0.4) is 0 Å².